The van der Waals surface area contributed by atoms with E-state index < -0.39 is 17.7 Å². The molecule has 176 valence electrons. The summed E-state index contributed by atoms with van der Waals surface area (Å²) < 4.78 is 16.4. The van der Waals surface area contributed by atoms with Gasteiger partial charge in [-0.3, -0.25) is 9.59 Å². The largest absolute Gasteiger partial charge is 0.507 e. The Morgan fingerprint density at radius 3 is 2.45 bits per heavy atom. The molecule has 1 aliphatic rings. The van der Waals surface area contributed by atoms with Crippen LogP contribution in [0.1, 0.15) is 44.4 Å². The maximum Gasteiger partial charge on any atom is 0.295 e. The number of carbonyl (C=O) groups is 2. The zero-order valence-electron chi connectivity index (χ0n) is 19.5. The van der Waals surface area contributed by atoms with Gasteiger partial charge >= 0.3 is 0 Å². The van der Waals surface area contributed by atoms with Gasteiger partial charge in [-0.2, -0.15) is 0 Å². The van der Waals surface area contributed by atoms with E-state index in [9.17, 15) is 14.7 Å². The molecule has 1 aliphatic heterocycles. The number of ether oxygens (including phenoxy) is 3. The van der Waals surface area contributed by atoms with Gasteiger partial charge in [0, 0.05) is 18.7 Å². The minimum Gasteiger partial charge on any atom is -0.507 e. The van der Waals surface area contributed by atoms with E-state index in [-0.39, 0.29) is 17.4 Å². The van der Waals surface area contributed by atoms with Crippen molar-refractivity contribution in [3.63, 3.8) is 0 Å². The molecule has 2 aromatic rings. The van der Waals surface area contributed by atoms with E-state index >= 15 is 0 Å². The fourth-order valence-corrected chi connectivity index (χ4v) is 3.85. The van der Waals surface area contributed by atoms with Crippen LogP contribution >= 0.6 is 0 Å². The van der Waals surface area contributed by atoms with Crippen LogP contribution in [0.2, 0.25) is 0 Å². The van der Waals surface area contributed by atoms with Crippen LogP contribution in [0.15, 0.2) is 54.1 Å². The number of hydrogen-bond donors (Lipinski definition) is 1. The van der Waals surface area contributed by atoms with E-state index in [1.807, 2.05) is 26.8 Å². The summed E-state index contributed by atoms with van der Waals surface area (Å²) in [6, 6.07) is 13.2. The molecule has 0 bridgehead atoms. The van der Waals surface area contributed by atoms with Crippen LogP contribution in [0.25, 0.3) is 5.76 Å². The molecule has 0 radical (unpaired) electrons. The summed E-state index contributed by atoms with van der Waals surface area (Å²) in [6.07, 6.45) is 0.642. The summed E-state index contributed by atoms with van der Waals surface area (Å²) in [7, 11) is 1.55. The molecule has 2 aromatic carbocycles. The smallest absolute Gasteiger partial charge is 0.295 e. The third-order valence-electron chi connectivity index (χ3n) is 5.38. The Morgan fingerprint density at radius 1 is 1.09 bits per heavy atom. The molecule has 0 saturated carbocycles. The quantitative estimate of drug-likeness (QED) is 0.249. The lowest BCUT2D eigenvalue weighted by Gasteiger charge is -2.25. The molecule has 1 atom stereocenters. The predicted molar refractivity (Wildman–Crippen MR) is 125 cm³/mol. The van der Waals surface area contributed by atoms with Crippen molar-refractivity contribution in [2.45, 2.75) is 39.3 Å². The molecular formula is C26H31NO6. The van der Waals surface area contributed by atoms with Gasteiger partial charge in [0.05, 0.1) is 31.4 Å². The summed E-state index contributed by atoms with van der Waals surface area (Å²) in [4.78, 5) is 27.6. The molecule has 1 saturated heterocycles. The highest BCUT2D eigenvalue weighted by molar-refractivity contribution is 6.46. The highest BCUT2D eigenvalue weighted by Gasteiger charge is 2.45. The van der Waals surface area contributed by atoms with E-state index in [4.69, 9.17) is 14.2 Å². The molecule has 7 nitrogen and oxygen atoms in total. The van der Waals surface area contributed by atoms with E-state index in [0.717, 1.165) is 0 Å². The van der Waals surface area contributed by atoms with Crippen LogP contribution in [-0.4, -0.2) is 54.7 Å². The summed E-state index contributed by atoms with van der Waals surface area (Å²) >= 11 is 0. The fraction of sp³-hybridized carbons (Fsp3) is 0.385. The average molecular weight is 454 g/mol. The van der Waals surface area contributed by atoms with Crippen molar-refractivity contribution in [1.29, 1.82) is 0 Å². The monoisotopic (exact) mass is 453 g/mol. The molecule has 1 unspecified atom stereocenters. The van der Waals surface area contributed by atoms with Gasteiger partial charge in [0.25, 0.3) is 11.7 Å². The second-order valence-corrected chi connectivity index (χ2v) is 8.00. The van der Waals surface area contributed by atoms with Gasteiger partial charge in [0.2, 0.25) is 0 Å². The van der Waals surface area contributed by atoms with Crippen molar-refractivity contribution in [1.82, 2.24) is 4.90 Å². The first-order chi connectivity index (χ1) is 15.9. The average Bonchev–Trinajstić information content (AvgIpc) is 3.07. The summed E-state index contributed by atoms with van der Waals surface area (Å²) in [5.74, 6) is -0.310. The van der Waals surface area contributed by atoms with Crippen molar-refractivity contribution in [3.8, 4) is 11.5 Å². The molecule has 1 amide bonds. The molecule has 3 rings (SSSR count). The topological polar surface area (TPSA) is 85.3 Å². The van der Waals surface area contributed by atoms with Crippen molar-refractivity contribution in [3.05, 3.63) is 65.2 Å². The third-order valence-corrected chi connectivity index (χ3v) is 5.38. The molecular weight excluding hydrogens is 422 g/mol. The van der Waals surface area contributed by atoms with Crippen molar-refractivity contribution >= 4 is 17.4 Å². The second-order valence-electron chi connectivity index (χ2n) is 8.00. The highest BCUT2D eigenvalue weighted by Crippen LogP contribution is 2.40. The number of likely N-dealkylation sites (tertiary alicyclic amines) is 1. The van der Waals surface area contributed by atoms with Crippen LogP contribution < -0.4 is 9.47 Å². The van der Waals surface area contributed by atoms with Crippen molar-refractivity contribution < 1.29 is 28.9 Å². The van der Waals surface area contributed by atoms with E-state index in [1.54, 1.807) is 49.6 Å². The SMILES string of the molecule is CCOc1ccc(/C(O)=C2/C(=O)C(=O)N(CCCOC(C)C)C2c2cccc(OC)c2)cc1. The number of nitrogens with zero attached hydrogens (tertiary/aromatic N) is 1. The second kappa shape index (κ2) is 11.0. The Kier molecular flexibility index (Phi) is 8.11. The Labute approximate surface area is 194 Å². The van der Waals surface area contributed by atoms with E-state index in [2.05, 4.69) is 0 Å². The normalized spacial score (nSPS) is 17.6. The minimum atomic E-state index is -0.731. The van der Waals surface area contributed by atoms with Crippen LogP contribution in [0, 0.1) is 0 Å². The van der Waals surface area contributed by atoms with Crippen LogP contribution in [-0.2, 0) is 14.3 Å². The number of benzene rings is 2. The van der Waals surface area contributed by atoms with E-state index in [0.29, 0.717) is 48.8 Å². The fourth-order valence-electron chi connectivity index (χ4n) is 3.85. The lowest BCUT2D eigenvalue weighted by molar-refractivity contribution is -0.140. The van der Waals surface area contributed by atoms with Gasteiger partial charge in [-0.25, -0.2) is 0 Å². The first-order valence-electron chi connectivity index (χ1n) is 11.1. The molecule has 1 N–H and O–H groups in total. The van der Waals surface area contributed by atoms with Crippen LogP contribution in [0.3, 0.4) is 0 Å². The number of ketones is 1. The Balaban J connectivity index is 2.02. The maximum absolute atomic E-state index is 13.1. The minimum absolute atomic E-state index is 0.0576. The molecule has 1 heterocycles. The number of rotatable bonds is 10. The first-order valence-corrected chi connectivity index (χ1v) is 11.1. The molecule has 0 aliphatic carbocycles. The maximum atomic E-state index is 13.1. The number of Topliss-reactive ketones (excluding diaryl/α,β-unsaturated/α-hetero) is 1. The molecule has 0 spiro atoms. The summed E-state index contributed by atoms with van der Waals surface area (Å²) in [5, 5.41) is 11.1. The van der Waals surface area contributed by atoms with Crippen molar-refractivity contribution in [2.75, 3.05) is 26.9 Å². The predicted octanol–water partition coefficient (Wildman–Crippen LogP) is 4.33. The number of methoxy groups -OCH3 is 1. The number of carbonyl (C=O) groups excluding carboxylic acids is 2. The molecule has 7 heteroatoms. The lowest BCUT2D eigenvalue weighted by Crippen LogP contribution is -2.31. The summed E-state index contributed by atoms with van der Waals surface area (Å²) in [5.41, 5.74) is 1.18. The first kappa shape index (κ1) is 24.3. The van der Waals surface area contributed by atoms with Gasteiger partial charge in [0.1, 0.15) is 17.3 Å². The van der Waals surface area contributed by atoms with Gasteiger partial charge < -0.3 is 24.2 Å². The van der Waals surface area contributed by atoms with Gasteiger partial charge in [0.15, 0.2) is 0 Å². The molecule has 0 aromatic heterocycles. The Morgan fingerprint density at radius 2 is 1.82 bits per heavy atom. The van der Waals surface area contributed by atoms with Crippen molar-refractivity contribution in [2.24, 2.45) is 0 Å². The Bertz CT molecular complexity index is 1010. The zero-order chi connectivity index (χ0) is 24.0. The number of amides is 1. The third kappa shape index (κ3) is 5.54. The summed E-state index contributed by atoms with van der Waals surface area (Å²) in [6.45, 7) is 7.07. The number of hydrogen-bond acceptors (Lipinski definition) is 6. The van der Waals surface area contributed by atoms with Gasteiger partial charge in [-0.05, 0) is 69.2 Å². The van der Waals surface area contributed by atoms with Gasteiger partial charge in [-0.1, -0.05) is 12.1 Å². The lowest BCUT2D eigenvalue weighted by atomic mass is 9.95. The molecule has 1 fully saturated rings. The number of aliphatic hydroxyl groups is 1. The van der Waals surface area contributed by atoms with E-state index in [1.165, 1.54) is 4.90 Å². The molecule has 33 heavy (non-hydrogen) atoms. The standard InChI is InChI=1S/C26H31NO6/c1-5-32-20-12-10-18(11-13-20)24(28)22-23(19-8-6-9-21(16-19)31-4)27(26(30)25(22)29)14-7-15-33-17(2)3/h6,8-13,16-17,23,28H,5,7,14-15H2,1-4H3/b24-22-. The number of aliphatic hydroxyl groups excluding tert-OH is 1. The Hall–Kier alpha value is -3.32. The zero-order valence-corrected chi connectivity index (χ0v) is 19.5. The van der Waals surface area contributed by atoms with Crippen LogP contribution in [0.5, 0.6) is 11.5 Å². The highest BCUT2D eigenvalue weighted by atomic mass is 16.5. The van der Waals surface area contributed by atoms with Crippen LogP contribution in [0.4, 0.5) is 0 Å². The van der Waals surface area contributed by atoms with Gasteiger partial charge in [-0.15, -0.1) is 0 Å².